The Morgan fingerprint density at radius 1 is 0.431 bits per heavy atom. The third kappa shape index (κ3) is 6.51. The lowest BCUT2D eigenvalue weighted by molar-refractivity contribution is 0.332. The summed E-state index contributed by atoms with van der Waals surface area (Å²) in [6.45, 7) is 32.1. The van der Waals surface area contributed by atoms with E-state index in [-0.39, 0.29) is 45.9 Å². The predicted molar refractivity (Wildman–Crippen MR) is 297 cm³/mol. The number of ether oxygens (including phenoxy) is 2. The molecule has 0 atom stereocenters. The Morgan fingerprint density at radius 3 is 1.46 bits per heavy atom. The fraction of sp³-hybridized carbons (Fsp3) is 0.387. The number of nitrogens with zero attached hydrogens (tertiary/aromatic N) is 6. The third-order valence-corrected chi connectivity index (χ3v) is 17.5. The lowest BCUT2D eigenvalue weighted by Crippen LogP contribution is -2.64. The van der Waals surface area contributed by atoms with E-state index >= 15 is 0 Å². The summed E-state index contributed by atoms with van der Waals surface area (Å²) in [5, 5.41) is 0. The molecule has 10 heteroatoms. The Balaban J connectivity index is 1.09. The van der Waals surface area contributed by atoms with Crippen molar-refractivity contribution >= 4 is 80.6 Å². The number of aromatic nitrogens is 4. The Kier molecular flexibility index (Phi) is 9.24. The molecule has 0 unspecified atom stereocenters. The van der Waals surface area contributed by atoms with Gasteiger partial charge in [-0.2, -0.15) is 9.97 Å². The summed E-state index contributed by atoms with van der Waals surface area (Å²) in [5.41, 5.74) is 16.0. The second kappa shape index (κ2) is 14.6. The largest absolute Gasteiger partial charge is 0.440 e. The first-order valence-electron chi connectivity index (χ1n) is 26.4. The van der Waals surface area contributed by atoms with Gasteiger partial charge in [0, 0.05) is 50.6 Å². The van der Waals surface area contributed by atoms with Crippen molar-refractivity contribution in [3.05, 3.63) is 131 Å². The minimum absolute atomic E-state index is 0.0163. The van der Waals surface area contributed by atoms with E-state index in [9.17, 15) is 0 Å². The molecule has 0 bridgehead atoms. The summed E-state index contributed by atoms with van der Waals surface area (Å²) >= 11 is 0. The molecule has 2 aliphatic carbocycles. The van der Waals surface area contributed by atoms with Crippen LogP contribution in [0.5, 0.6) is 23.3 Å². The second-order valence-corrected chi connectivity index (χ2v) is 26.5. The van der Waals surface area contributed by atoms with Crippen molar-refractivity contribution in [2.75, 3.05) is 9.80 Å². The molecule has 0 spiro atoms. The average molecular weight is 949 g/mol. The average Bonchev–Trinajstić information content (AvgIpc) is 3.32. The first-order valence-corrected chi connectivity index (χ1v) is 26.4. The highest BCUT2D eigenvalue weighted by atomic mass is 16.5. The number of hydrogen-bond acceptors (Lipinski definition) is 8. The molecular weight excluding hydrogens is 882 g/mol. The van der Waals surface area contributed by atoms with Gasteiger partial charge in [-0.1, -0.05) is 152 Å². The molecule has 362 valence electrons. The fourth-order valence-electron chi connectivity index (χ4n) is 13.0. The topological polar surface area (TPSA) is 76.5 Å². The standard InChI is InChI=1S/C62H66B2N6O2/c1-57(2,3)55-65-51-49-53(67-55)71-47-34-48-44(33-43(47)63(49)41-22-18-19-23-45(41)69(51)35-20-16-15-17-21-35)64-42-31-39-40(62(13,14)29-28-61(39,11)12)32-46(42)70(52-50(64)54(72-48)68-56(66-52)58(4,5)6)36-24-25-37-38(30-36)60(9,10)27-26-59(37,7)8/h15-25,30-34H,26-29H2,1-14H3. The maximum Gasteiger partial charge on any atom is 0.260 e. The molecule has 5 aromatic carbocycles. The summed E-state index contributed by atoms with van der Waals surface area (Å²) in [6, 6.07) is 36.3. The fourth-order valence-corrected chi connectivity index (χ4v) is 13.0. The van der Waals surface area contributed by atoms with Crippen LogP contribution in [0.4, 0.5) is 34.4 Å². The molecule has 8 nitrogen and oxygen atoms in total. The van der Waals surface area contributed by atoms with Gasteiger partial charge in [0.1, 0.15) is 34.8 Å². The van der Waals surface area contributed by atoms with Crippen molar-refractivity contribution in [2.24, 2.45) is 0 Å². The normalized spacial score (nSPS) is 18.8. The van der Waals surface area contributed by atoms with Crippen molar-refractivity contribution < 1.29 is 9.47 Å². The van der Waals surface area contributed by atoms with Crippen LogP contribution in [-0.2, 0) is 32.5 Å². The van der Waals surface area contributed by atoms with Crippen LogP contribution in [0, 0.1) is 0 Å². The van der Waals surface area contributed by atoms with Crippen LogP contribution in [0.1, 0.15) is 157 Å². The van der Waals surface area contributed by atoms with Crippen molar-refractivity contribution in [3.8, 4) is 23.3 Å². The highest BCUT2D eigenvalue weighted by Gasteiger charge is 2.51. The van der Waals surface area contributed by atoms with Crippen LogP contribution in [0.15, 0.2) is 97.1 Å². The number of fused-ring (bicyclic) bond motifs is 10. The maximum atomic E-state index is 7.28. The number of rotatable bonds is 2. The summed E-state index contributed by atoms with van der Waals surface area (Å²) in [7, 11) is 0. The molecule has 2 aromatic heterocycles. The van der Waals surface area contributed by atoms with E-state index < -0.39 is 0 Å². The minimum Gasteiger partial charge on any atom is -0.440 e. The van der Waals surface area contributed by atoms with Gasteiger partial charge in [-0.15, -0.1) is 0 Å². The van der Waals surface area contributed by atoms with E-state index in [1.807, 2.05) is 0 Å². The summed E-state index contributed by atoms with van der Waals surface area (Å²) in [4.78, 5) is 26.6. The van der Waals surface area contributed by atoms with Crippen molar-refractivity contribution in [1.29, 1.82) is 0 Å². The van der Waals surface area contributed by atoms with E-state index in [0.29, 0.717) is 11.8 Å². The monoisotopic (exact) mass is 949 g/mol. The number of para-hydroxylation sites is 2. The Hall–Kier alpha value is -6.41. The SMILES string of the molecule is CC(C)(C)c1nc2c3c(n1)N(c1ccccc1)c1ccccc1B3c1cc3c(cc1O2)Oc1nc(C(C)(C)C)nc2c1B3c1cc3c(cc1N2c1ccc2c(c1)C(C)(C)CCC2(C)C)C(C)(C)CCC3(C)C. The second-order valence-electron chi connectivity index (χ2n) is 26.5. The summed E-state index contributed by atoms with van der Waals surface area (Å²) < 4.78 is 14.4. The van der Waals surface area contributed by atoms with Crippen LogP contribution in [0.2, 0.25) is 0 Å². The van der Waals surface area contributed by atoms with E-state index in [0.717, 1.165) is 99.4 Å². The molecule has 0 saturated carbocycles. The smallest absolute Gasteiger partial charge is 0.260 e. The van der Waals surface area contributed by atoms with Gasteiger partial charge in [-0.25, -0.2) is 9.97 Å². The van der Waals surface area contributed by atoms with Crippen molar-refractivity contribution in [1.82, 2.24) is 19.9 Å². The number of benzene rings is 5. The molecule has 6 heterocycles. The molecular formula is C62H66B2N6O2. The quantitative estimate of drug-likeness (QED) is 0.159. The van der Waals surface area contributed by atoms with Gasteiger partial charge >= 0.3 is 0 Å². The van der Waals surface area contributed by atoms with Crippen molar-refractivity contribution in [3.63, 3.8) is 0 Å². The molecule has 0 N–H and O–H groups in total. The van der Waals surface area contributed by atoms with Crippen molar-refractivity contribution in [2.45, 2.75) is 155 Å². The van der Waals surface area contributed by atoms with Crippen LogP contribution < -0.4 is 52.1 Å². The van der Waals surface area contributed by atoms with Gasteiger partial charge in [-0.3, -0.25) is 9.80 Å². The molecule has 7 aromatic rings. The molecule has 0 radical (unpaired) electrons. The molecule has 0 amide bonds. The lowest BCUT2D eigenvalue weighted by Gasteiger charge is -2.46. The molecule has 6 aliphatic rings. The van der Waals surface area contributed by atoms with Gasteiger partial charge in [0.05, 0.1) is 0 Å². The molecule has 0 fully saturated rings. The van der Waals surface area contributed by atoms with Crippen LogP contribution in [0.25, 0.3) is 0 Å². The molecule has 13 rings (SSSR count). The zero-order valence-corrected chi connectivity index (χ0v) is 44.7. The Morgan fingerprint density at radius 2 is 0.903 bits per heavy atom. The van der Waals surface area contributed by atoms with E-state index in [2.05, 4.69) is 204 Å². The Labute approximate surface area is 427 Å². The van der Waals surface area contributed by atoms with E-state index in [4.69, 9.17) is 29.4 Å². The first kappa shape index (κ1) is 45.5. The number of hydrogen-bond donors (Lipinski definition) is 0. The van der Waals surface area contributed by atoms with Gasteiger partial charge in [0.2, 0.25) is 11.8 Å². The van der Waals surface area contributed by atoms with Crippen LogP contribution in [0.3, 0.4) is 0 Å². The Bertz CT molecular complexity index is 3490. The van der Waals surface area contributed by atoms with Gasteiger partial charge in [0.25, 0.3) is 13.4 Å². The zero-order valence-electron chi connectivity index (χ0n) is 44.7. The highest BCUT2D eigenvalue weighted by Crippen LogP contribution is 2.52. The first-order chi connectivity index (χ1) is 33.9. The van der Waals surface area contributed by atoms with E-state index in [1.54, 1.807) is 0 Å². The maximum absolute atomic E-state index is 7.28. The molecule has 0 saturated heterocycles. The van der Waals surface area contributed by atoms with Gasteiger partial charge < -0.3 is 9.47 Å². The third-order valence-electron chi connectivity index (χ3n) is 17.5. The predicted octanol–water partition coefficient (Wildman–Crippen LogP) is 11.4. The van der Waals surface area contributed by atoms with Crippen LogP contribution in [-0.4, -0.2) is 33.4 Å². The highest BCUT2D eigenvalue weighted by molar-refractivity contribution is 7.01. The van der Waals surface area contributed by atoms with E-state index in [1.165, 1.54) is 38.9 Å². The number of anilines is 6. The van der Waals surface area contributed by atoms with Gasteiger partial charge in [-0.05, 0) is 128 Å². The minimum atomic E-state index is -0.368. The van der Waals surface area contributed by atoms with Gasteiger partial charge in [0.15, 0.2) is 0 Å². The lowest BCUT2D eigenvalue weighted by atomic mass is 9.31. The van der Waals surface area contributed by atoms with Crippen LogP contribution >= 0.6 is 0 Å². The molecule has 4 aliphatic heterocycles. The summed E-state index contributed by atoms with van der Waals surface area (Å²) in [5.74, 6) is 5.88. The summed E-state index contributed by atoms with van der Waals surface area (Å²) in [6.07, 6.45) is 4.52. The molecule has 72 heavy (non-hydrogen) atoms. The zero-order chi connectivity index (χ0) is 50.4.